The van der Waals surface area contributed by atoms with Crippen molar-refractivity contribution in [3.8, 4) is 0 Å². The van der Waals surface area contributed by atoms with Gasteiger partial charge >= 0.3 is 5.97 Å². The Bertz CT molecular complexity index is 345. The molecule has 20 heavy (non-hydrogen) atoms. The smallest absolute Gasteiger partial charge is 0.325 e. The summed E-state index contributed by atoms with van der Waals surface area (Å²) in [5.41, 5.74) is 5.67. The first-order chi connectivity index (χ1) is 9.33. The highest BCUT2D eigenvalue weighted by Crippen LogP contribution is 1.98. The summed E-state index contributed by atoms with van der Waals surface area (Å²) in [5.74, 6) is -1.20. The Kier molecular flexibility index (Phi) is 8.54. The fourth-order valence-corrected chi connectivity index (χ4v) is 1.48. The molecule has 0 saturated carbocycles. The highest BCUT2D eigenvalue weighted by molar-refractivity contribution is 5.88. The number of hydrogen-bond donors (Lipinski definition) is 2. The van der Waals surface area contributed by atoms with E-state index in [4.69, 9.17) is 5.73 Å². The largest absolute Gasteiger partial charge is 0.468 e. The lowest BCUT2D eigenvalue weighted by molar-refractivity contribution is -0.146. The molecular weight excluding hydrogens is 262 g/mol. The second kappa shape index (κ2) is 9.30. The van der Waals surface area contributed by atoms with Crippen LogP contribution in [0.15, 0.2) is 0 Å². The average Bonchev–Trinajstić information content (AvgIpc) is 2.42. The van der Waals surface area contributed by atoms with Gasteiger partial charge in [-0.1, -0.05) is 20.8 Å². The van der Waals surface area contributed by atoms with Crippen LogP contribution in [0.5, 0.6) is 0 Å². The average molecular weight is 287 g/mol. The molecule has 0 rings (SSSR count). The van der Waals surface area contributed by atoms with Crippen LogP contribution >= 0.6 is 0 Å². The normalized spacial score (nSPS) is 11.9. The van der Waals surface area contributed by atoms with Crippen molar-refractivity contribution in [1.82, 2.24) is 10.2 Å². The standard InChI is InChI=1S/C13H25N3O4/c1-5-6-16(8-11(18)20-4)10(17)7-15-13(19)12(14)9(2)3/h9,12H,5-8,14H2,1-4H3,(H,15,19)/t12-/m0/s1. The Morgan fingerprint density at radius 3 is 2.35 bits per heavy atom. The number of esters is 1. The third-order valence-corrected chi connectivity index (χ3v) is 2.83. The van der Waals surface area contributed by atoms with Crippen LogP contribution in [0.1, 0.15) is 27.2 Å². The predicted molar refractivity (Wildman–Crippen MR) is 74.7 cm³/mol. The second-order valence-corrected chi connectivity index (χ2v) is 4.88. The summed E-state index contributed by atoms with van der Waals surface area (Å²) in [4.78, 5) is 36.2. The molecule has 7 heteroatoms. The lowest BCUT2D eigenvalue weighted by atomic mass is 10.1. The summed E-state index contributed by atoms with van der Waals surface area (Å²) in [6.07, 6.45) is 0.711. The van der Waals surface area contributed by atoms with E-state index in [0.29, 0.717) is 13.0 Å². The number of ether oxygens (including phenoxy) is 1. The molecule has 0 unspecified atom stereocenters. The van der Waals surface area contributed by atoms with Crippen LogP contribution in [0.4, 0.5) is 0 Å². The van der Waals surface area contributed by atoms with Gasteiger partial charge in [-0.05, 0) is 12.3 Å². The van der Waals surface area contributed by atoms with Crippen molar-refractivity contribution in [1.29, 1.82) is 0 Å². The zero-order chi connectivity index (χ0) is 15.7. The van der Waals surface area contributed by atoms with E-state index < -0.39 is 12.0 Å². The number of nitrogens with zero attached hydrogens (tertiary/aromatic N) is 1. The zero-order valence-electron chi connectivity index (χ0n) is 12.6. The molecule has 1 atom stereocenters. The molecule has 3 N–H and O–H groups in total. The van der Waals surface area contributed by atoms with E-state index in [-0.39, 0.29) is 30.8 Å². The van der Waals surface area contributed by atoms with Crippen molar-refractivity contribution in [3.63, 3.8) is 0 Å². The van der Waals surface area contributed by atoms with Crippen molar-refractivity contribution in [2.24, 2.45) is 11.7 Å². The van der Waals surface area contributed by atoms with Crippen LogP contribution in [0, 0.1) is 5.92 Å². The summed E-state index contributed by atoms with van der Waals surface area (Å²) in [5, 5.41) is 2.49. The molecule has 0 aromatic rings. The summed E-state index contributed by atoms with van der Waals surface area (Å²) < 4.78 is 4.53. The molecule has 0 aromatic carbocycles. The number of hydrogen-bond acceptors (Lipinski definition) is 5. The molecule has 2 amide bonds. The Morgan fingerprint density at radius 2 is 1.90 bits per heavy atom. The maximum absolute atomic E-state index is 11.9. The first kappa shape index (κ1) is 18.4. The quantitative estimate of drug-likeness (QED) is 0.586. The molecule has 0 heterocycles. The topological polar surface area (TPSA) is 102 Å². The van der Waals surface area contributed by atoms with Crippen LogP contribution < -0.4 is 11.1 Å². The molecule has 0 bridgehead atoms. The third-order valence-electron chi connectivity index (χ3n) is 2.83. The van der Waals surface area contributed by atoms with Crippen molar-refractivity contribution in [2.45, 2.75) is 33.2 Å². The van der Waals surface area contributed by atoms with Gasteiger partial charge < -0.3 is 20.7 Å². The second-order valence-electron chi connectivity index (χ2n) is 4.88. The number of nitrogens with two attached hydrogens (primary N) is 1. The molecule has 116 valence electrons. The van der Waals surface area contributed by atoms with Crippen molar-refractivity contribution in [3.05, 3.63) is 0 Å². The van der Waals surface area contributed by atoms with Gasteiger partial charge in [-0.2, -0.15) is 0 Å². The van der Waals surface area contributed by atoms with Crippen LogP contribution in [0.3, 0.4) is 0 Å². The van der Waals surface area contributed by atoms with Gasteiger partial charge in [0, 0.05) is 6.54 Å². The van der Waals surface area contributed by atoms with E-state index in [9.17, 15) is 14.4 Å². The molecule has 0 saturated heterocycles. The van der Waals surface area contributed by atoms with E-state index in [0.717, 1.165) is 0 Å². The highest BCUT2D eigenvalue weighted by Gasteiger charge is 2.20. The molecular formula is C13H25N3O4. The molecule has 0 aliphatic rings. The Hall–Kier alpha value is -1.63. The fraction of sp³-hybridized carbons (Fsp3) is 0.769. The van der Waals surface area contributed by atoms with Crippen LogP contribution in [-0.4, -0.2) is 55.5 Å². The van der Waals surface area contributed by atoms with Crippen LogP contribution in [0.25, 0.3) is 0 Å². The minimum absolute atomic E-state index is 0.00749. The number of amides is 2. The van der Waals surface area contributed by atoms with E-state index in [2.05, 4.69) is 10.1 Å². The fourth-order valence-electron chi connectivity index (χ4n) is 1.48. The number of nitrogens with one attached hydrogen (secondary N) is 1. The molecule has 0 aliphatic heterocycles. The SMILES string of the molecule is CCCN(CC(=O)OC)C(=O)CNC(=O)[C@@H](N)C(C)C. The monoisotopic (exact) mass is 287 g/mol. The molecule has 0 spiro atoms. The van der Waals surface area contributed by atoms with Gasteiger partial charge in [-0.25, -0.2) is 0 Å². The highest BCUT2D eigenvalue weighted by atomic mass is 16.5. The molecule has 7 nitrogen and oxygen atoms in total. The Labute approximate surface area is 119 Å². The summed E-state index contributed by atoms with van der Waals surface area (Å²) in [7, 11) is 1.26. The van der Waals surface area contributed by atoms with Gasteiger partial charge in [0.05, 0.1) is 19.7 Å². The first-order valence-electron chi connectivity index (χ1n) is 6.71. The van der Waals surface area contributed by atoms with E-state index >= 15 is 0 Å². The van der Waals surface area contributed by atoms with Gasteiger partial charge in [0.2, 0.25) is 11.8 Å². The first-order valence-corrected chi connectivity index (χ1v) is 6.71. The summed E-state index contributed by atoms with van der Waals surface area (Å²) in [6, 6.07) is -0.650. The van der Waals surface area contributed by atoms with E-state index in [1.54, 1.807) is 0 Å². The van der Waals surface area contributed by atoms with Crippen molar-refractivity contribution in [2.75, 3.05) is 26.7 Å². The van der Waals surface area contributed by atoms with E-state index in [1.807, 2.05) is 20.8 Å². The number of carbonyl (C=O) groups excluding carboxylic acids is 3. The van der Waals surface area contributed by atoms with E-state index in [1.165, 1.54) is 12.0 Å². The Balaban J connectivity index is 4.39. The Morgan fingerprint density at radius 1 is 1.30 bits per heavy atom. The van der Waals surface area contributed by atoms with Gasteiger partial charge in [0.15, 0.2) is 0 Å². The molecule has 0 aromatic heterocycles. The lowest BCUT2D eigenvalue weighted by Gasteiger charge is -2.22. The number of methoxy groups -OCH3 is 1. The summed E-state index contributed by atoms with van der Waals surface area (Å²) in [6.45, 7) is 5.69. The van der Waals surface area contributed by atoms with Crippen LogP contribution in [-0.2, 0) is 19.1 Å². The number of rotatable bonds is 8. The van der Waals surface area contributed by atoms with Crippen molar-refractivity contribution >= 4 is 17.8 Å². The molecule has 0 aliphatic carbocycles. The minimum atomic E-state index is -0.650. The van der Waals surface area contributed by atoms with Gasteiger partial charge in [0.1, 0.15) is 6.54 Å². The maximum atomic E-state index is 11.9. The van der Waals surface area contributed by atoms with Crippen LogP contribution in [0.2, 0.25) is 0 Å². The summed E-state index contributed by atoms with van der Waals surface area (Å²) >= 11 is 0. The lowest BCUT2D eigenvalue weighted by Crippen LogP contribution is -2.48. The zero-order valence-corrected chi connectivity index (χ0v) is 12.6. The predicted octanol–water partition coefficient (Wildman–Crippen LogP) is -0.502. The van der Waals surface area contributed by atoms with Crippen molar-refractivity contribution < 1.29 is 19.1 Å². The van der Waals surface area contributed by atoms with Gasteiger partial charge in [0.25, 0.3) is 0 Å². The van der Waals surface area contributed by atoms with Gasteiger partial charge in [-0.15, -0.1) is 0 Å². The molecule has 0 fully saturated rings. The number of carbonyl (C=O) groups is 3. The minimum Gasteiger partial charge on any atom is -0.468 e. The third kappa shape index (κ3) is 6.51. The maximum Gasteiger partial charge on any atom is 0.325 e. The molecule has 0 radical (unpaired) electrons. The van der Waals surface area contributed by atoms with Gasteiger partial charge in [-0.3, -0.25) is 14.4 Å².